The van der Waals surface area contributed by atoms with Crippen molar-refractivity contribution in [2.75, 3.05) is 5.43 Å². The molecule has 0 unspecified atom stereocenters. The number of non-ortho nitro benzene ring substituents is 1. The Kier molecular flexibility index (Phi) is 4.63. The maximum atomic E-state index is 11.9. The van der Waals surface area contributed by atoms with Crippen molar-refractivity contribution < 1.29 is 9.72 Å². The first-order valence-corrected chi connectivity index (χ1v) is 6.29. The molecule has 0 aliphatic carbocycles. The molecule has 0 spiro atoms. The number of anilines is 1. The zero-order valence-electron chi connectivity index (χ0n) is 10.7. The molecule has 0 aliphatic rings. The van der Waals surface area contributed by atoms with Crippen LogP contribution in [0.3, 0.4) is 0 Å². The number of rotatable bonds is 5. The van der Waals surface area contributed by atoms with Gasteiger partial charge in [-0.15, -0.1) is 0 Å². The fraction of sp³-hybridized carbons (Fsp3) is 0. The van der Waals surface area contributed by atoms with Gasteiger partial charge >= 0.3 is 0 Å². The number of hydrogen-bond acceptors (Lipinski definition) is 5. The number of halogens is 1. The quantitative estimate of drug-likeness (QED) is 0.397. The normalized spacial score (nSPS) is 11.0. The standard InChI is InChI=1S/C14H10ClN3O3/c15-14(13(19)10-4-2-1-3-5-10)17-16-11-6-8-12(9-7-11)18(20)21/h1-9,16H/b17-14+. The number of hydrogen-bond donors (Lipinski definition) is 1. The average molecular weight is 304 g/mol. The number of ketones is 1. The number of nitro benzene ring substituents is 1. The molecule has 0 fully saturated rings. The molecule has 2 aromatic carbocycles. The molecular weight excluding hydrogens is 294 g/mol. The molecule has 0 atom stereocenters. The van der Waals surface area contributed by atoms with Gasteiger partial charge in [-0.2, -0.15) is 5.10 Å². The molecule has 0 bridgehead atoms. The van der Waals surface area contributed by atoms with Crippen LogP contribution in [0, 0.1) is 10.1 Å². The molecule has 0 amide bonds. The molecule has 0 heterocycles. The summed E-state index contributed by atoms with van der Waals surface area (Å²) in [6, 6.07) is 14.1. The lowest BCUT2D eigenvalue weighted by Gasteiger charge is -2.01. The number of nitrogens with one attached hydrogen (secondary N) is 1. The predicted molar refractivity (Wildman–Crippen MR) is 80.8 cm³/mol. The Morgan fingerprint density at radius 2 is 1.71 bits per heavy atom. The Labute approximate surface area is 125 Å². The highest BCUT2D eigenvalue weighted by Crippen LogP contribution is 2.15. The lowest BCUT2D eigenvalue weighted by atomic mass is 10.1. The van der Waals surface area contributed by atoms with Crippen LogP contribution in [-0.4, -0.2) is 15.9 Å². The molecule has 0 radical (unpaired) electrons. The Hall–Kier alpha value is -2.73. The number of benzene rings is 2. The third-order valence-electron chi connectivity index (χ3n) is 2.58. The largest absolute Gasteiger partial charge is 0.286 e. The number of nitro groups is 1. The number of carbonyl (C=O) groups is 1. The minimum Gasteiger partial charge on any atom is -0.286 e. The first-order valence-electron chi connectivity index (χ1n) is 5.91. The van der Waals surface area contributed by atoms with Crippen molar-refractivity contribution in [2.45, 2.75) is 0 Å². The van der Waals surface area contributed by atoms with Crippen molar-refractivity contribution >= 4 is 33.9 Å². The second-order valence-corrected chi connectivity index (χ2v) is 4.37. The van der Waals surface area contributed by atoms with E-state index >= 15 is 0 Å². The van der Waals surface area contributed by atoms with Crippen LogP contribution in [0.2, 0.25) is 0 Å². The topological polar surface area (TPSA) is 84.6 Å². The minimum absolute atomic E-state index is 0.0315. The van der Waals surface area contributed by atoms with Gasteiger partial charge in [0.1, 0.15) is 0 Å². The molecule has 7 heteroatoms. The third-order valence-corrected chi connectivity index (χ3v) is 2.84. The van der Waals surface area contributed by atoms with Gasteiger partial charge in [0.05, 0.1) is 10.6 Å². The van der Waals surface area contributed by atoms with Crippen molar-refractivity contribution in [3.8, 4) is 0 Å². The molecule has 0 saturated heterocycles. The van der Waals surface area contributed by atoms with E-state index in [1.807, 2.05) is 0 Å². The molecule has 2 rings (SSSR count). The van der Waals surface area contributed by atoms with Gasteiger partial charge in [-0.3, -0.25) is 20.3 Å². The van der Waals surface area contributed by atoms with E-state index < -0.39 is 10.7 Å². The highest BCUT2D eigenvalue weighted by atomic mass is 35.5. The van der Waals surface area contributed by atoms with E-state index in [1.54, 1.807) is 30.3 Å². The smallest absolute Gasteiger partial charge is 0.269 e. The van der Waals surface area contributed by atoms with E-state index in [9.17, 15) is 14.9 Å². The molecule has 2 aromatic rings. The van der Waals surface area contributed by atoms with Gasteiger partial charge in [0.15, 0.2) is 5.17 Å². The van der Waals surface area contributed by atoms with E-state index in [0.717, 1.165) is 0 Å². The first kappa shape index (κ1) is 14.7. The van der Waals surface area contributed by atoms with Gasteiger partial charge in [-0.05, 0) is 12.1 Å². The Morgan fingerprint density at radius 1 is 1.10 bits per heavy atom. The summed E-state index contributed by atoms with van der Waals surface area (Å²) >= 11 is 5.83. The minimum atomic E-state index is -0.501. The number of Topliss-reactive ketones (excluding diaryl/α,β-unsaturated/α-hetero) is 1. The van der Waals surface area contributed by atoms with Gasteiger partial charge in [0.2, 0.25) is 5.78 Å². The van der Waals surface area contributed by atoms with Crippen molar-refractivity contribution in [3.63, 3.8) is 0 Å². The predicted octanol–water partition coefficient (Wildman–Crippen LogP) is 3.44. The van der Waals surface area contributed by atoms with Crippen molar-refractivity contribution in [2.24, 2.45) is 5.10 Å². The van der Waals surface area contributed by atoms with Crippen LogP contribution in [0.15, 0.2) is 59.7 Å². The summed E-state index contributed by atoms with van der Waals surface area (Å²) in [6.45, 7) is 0. The van der Waals surface area contributed by atoms with Crippen molar-refractivity contribution in [3.05, 3.63) is 70.3 Å². The van der Waals surface area contributed by atoms with Gasteiger partial charge < -0.3 is 0 Å². The van der Waals surface area contributed by atoms with Crippen LogP contribution in [0.5, 0.6) is 0 Å². The molecule has 0 aliphatic heterocycles. The molecule has 0 saturated carbocycles. The van der Waals surface area contributed by atoms with Gasteiger partial charge in [-0.25, -0.2) is 0 Å². The zero-order valence-corrected chi connectivity index (χ0v) is 11.4. The zero-order chi connectivity index (χ0) is 15.2. The summed E-state index contributed by atoms with van der Waals surface area (Å²) in [7, 11) is 0. The Balaban J connectivity index is 2.06. The highest BCUT2D eigenvalue weighted by molar-refractivity contribution is 6.84. The van der Waals surface area contributed by atoms with E-state index in [2.05, 4.69) is 10.5 Å². The second kappa shape index (κ2) is 6.62. The summed E-state index contributed by atoms with van der Waals surface area (Å²) in [4.78, 5) is 21.9. The summed E-state index contributed by atoms with van der Waals surface area (Å²) in [5.41, 5.74) is 3.46. The first-order chi connectivity index (χ1) is 10.1. The third kappa shape index (κ3) is 3.87. The molecule has 21 heavy (non-hydrogen) atoms. The van der Waals surface area contributed by atoms with Gasteiger partial charge in [-0.1, -0.05) is 41.9 Å². The summed E-state index contributed by atoms with van der Waals surface area (Å²) in [6.07, 6.45) is 0. The van der Waals surface area contributed by atoms with Gasteiger partial charge in [0, 0.05) is 17.7 Å². The van der Waals surface area contributed by atoms with Crippen molar-refractivity contribution in [1.82, 2.24) is 0 Å². The maximum Gasteiger partial charge on any atom is 0.269 e. The Bertz CT molecular complexity index is 684. The number of carbonyl (C=O) groups excluding carboxylic acids is 1. The lowest BCUT2D eigenvalue weighted by molar-refractivity contribution is -0.384. The van der Waals surface area contributed by atoms with Crippen LogP contribution in [0.25, 0.3) is 0 Å². The molecule has 0 aromatic heterocycles. The fourth-order valence-electron chi connectivity index (χ4n) is 1.53. The number of nitrogens with zero attached hydrogens (tertiary/aromatic N) is 2. The molecule has 106 valence electrons. The Morgan fingerprint density at radius 3 is 2.29 bits per heavy atom. The average Bonchev–Trinajstić information content (AvgIpc) is 2.53. The van der Waals surface area contributed by atoms with Crippen molar-refractivity contribution in [1.29, 1.82) is 0 Å². The van der Waals surface area contributed by atoms with E-state index in [-0.39, 0.29) is 10.9 Å². The second-order valence-electron chi connectivity index (χ2n) is 4.01. The molecule has 1 N–H and O–H groups in total. The van der Waals surface area contributed by atoms with Crippen LogP contribution in [0.1, 0.15) is 10.4 Å². The monoisotopic (exact) mass is 303 g/mol. The van der Waals surface area contributed by atoms with Crippen LogP contribution < -0.4 is 5.43 Å². The van der Waals surface area contributed by atoms with Gasteiger partial charge in [0.25, 0.3) is 5.69 Å². The maximum absolute atomic E-state index is 11.9. The van der Waals surface area contributed by atoms with Crippen LogP contribution >= 0.6 is 11.6 Å². The number of hydrazone groups is 1. The van der Waals surface area contributed by atoms with Crippen LogP contribution in [-0.2, 0) is 0 Å². The molecule has 6 nitrogen and oxygen atoms in total. The van der Waals surface area contributed by atoms with E-state index in [0.29, 0.717) is 11.3 Å². The van der Waals surface area contributed by atoms with Crippen LogP contribution in [0.4, 0.5) is 11.4 Å². The fourth-order valence-corrected chi connectivity index (χ4v) is 1.68. The lowest BCUT2D eigenvalue weighted by Crippen LogP contribution is -2.09. The summed E-state index contributed by atoms with van der Waals surface area (Å²) in [5, 5.41) is 14.1. The van der Waals surface area contributed by atoms with E-state index in [4.69, 9.17) is 11.6 Å². The molecular formula is C14H10ClN3O3. The highest BCUT2D eigenvalue weighted by Gasteiger charge is 2.11. The van der Waals surface area contributed by atoms with E-state index in [1.165, 1.54) is 24.3 Å². The summed E-state index contributed by atoms with van der Waals surface area (Å²) in [5.74, 6) is -0.410. The summed E-state index contributed by atoms with van der Waals surface area (Å²) < 4.78 is 0. The SMILES string of the molecule is O=C(/C(Cl)=N\Nc1ccc([N+](=O)[O-])cc1)c1ccccc1.